The van der Waals surface area contributed by atoms with Gasteiger partial charge < -0.3 is 10.4 Å². The van der Waals surface area contributed by atoms with E-state index in [9.17, 15) is 14.7 Å². The van der Waals surface area contributed by atoms with Crippen molar-refractivity contribution in [2.24, 2.45) is 0 Å². The molecule has 0 aliphatic rings. The number of nitrogens with one attached hydrogen (secondary N) is 1. The van der Waals surface area contributed by atoms with E-state index in [1.165, 1.54) is 13.8 Å². The van der Waals surface area contributed by atoms with E-state index in [1.807, 2.05) is 72.8 Å². The summed E-state index contributed by atoms with van der Waals surface area (Å²) >= 11 is 0. The largest absolute Gasteiger partial charge is 0.512 e. The number of Topliss-reactive ketones (excluding diaryl/α,β-unsaturated/α-hetero) is 1. The Kier molecular flexibility index (Phi) is 7.55. The highest BCUT2D eigenvalue weighted by Crippen LogP contribution is 2.29. The van der Waals surface area contributed by atoms with Crippen LogP contribution in [0.25, 0.3) is 39.5 Å². The first-order valence-electron chi connectivity index (χ1n) is 12.7. The minimum Gasteiger partial charge on any atom is -0.512 e. The maximum absolute atomic E-state index is 12.9. The molecule has 0 atom stereocenters. The Bertz CT molecular complexity index is 1640. The molecule has 7 nitrogen and oxygen atoms in total. The molecule has 0 aliphatic heterocycles. The zero-order valence-corrected chi connectivity index (χ0v) is 22.0. The van der Waals surface area contributed by atoms with E-state index in [0.29, 0.717) is 16.8 Å². The van der Waals surface area contributed by atoms with Crippen LogP contribution in [0.5, 0.6) is 0 Å². The Morgan fingerprint density at radius 3 is 1.68 bits per heavy atom. The van der Waals surface area contributed by atoms with E-state index in [-0.39, 0.29) is 23.0 Å². The van der Waals surface area contributed by atoms with E-state index in [4.69, 9.17) is 4.98 Å². The standard InChI is InChI=1S/C33H26N4O3/c1-21(38)32(22(2)39)24-9-11-25(12-10-24)33(40)36-27-15-13-23(14-16-27)26-19-30(28-7-3-5-17-34-28)37-31(20-26)29-8-4-6-18-35-29/h3-20,38H,1-2H3,(H,36,40)/b32-21+. The van der Waals surface area contributed by atoms with Gasteiger partial charge in [-0.05, 0) is 91.2 Å². The fraction of sp³-hybridized carbons (Fsp3) is 0.0606. The van der Waals surface area contributed by atoms with Crippen molar-refractivity contribution in [3.63, 3.8) is 0 Å². The predicted molar refractivity (Wildman–Crippen MR) is 156 cm³/mol. The van der Waals surface area contributed by atoms with E-state index >= 15 is 0 Å². The molecule has 0 aliphatic carbocycles. The molecule has 0 fully saturated rings. The van der Waals surface area contributed by atoms with Gasteiger partial charge in [0.1, 0.15) is 5.76 Å². The molecule has 0 saturated heterocycles. The minimum absolute atomic E-state index is 0.0571. The van der Waals surface area contributed by atoms with Gasteiger partial charge in [-0.2, -0.15) is 0 Å². The number of rotatable bonds is 7. The van der Waals surface area contributed by atoms with Gasteiger partial charge in [-0.25, -0.2) is 4.98 Å². The highest BCUT2D eigenvalue weighted by molar-refractivity contribution is 6.20. The Labute approximate surface area is 231 Å². The summed E-state index contributed by atoms with van der Waals surface area (Å²) in [7, 11) is 0. The number of carbonyl (C=O) groups is 2. The molecular formula is C33H26N4O3. The number of amides is 1. The number of nitrogens with zero attached hydrogens (tertiary/aromatic N) is 3. The molecule has 5 aromatic rings. The van der Waals surface area contributed by atoms with Gasteiger partial charge >= 0.3 is 0 Å². The van der Waals surface area contributed by atoms with Crippen molar-refractivity contribution in [2.75, 3.05) is 5.32 Å². The number of hydrogen-bond acceptors (Lipinski definition) is 6. The van der Waals surface area contributed by atoms with Gasteiger partial charge in [0.15, 0.2) is 5.78 Å². The fourth-order valence-electron chi connectivity index (χ4n) is 4.39. The third-order valence-electron chi connectivity index (χ3n) is 6.31. The molecule has 40 heavy (non-hydrogen) atoms. The lowest BCUT2D eigenvalue weighted by atomic mass is 10.00. The van der Waals surface area contributed by atoms with Crippen molar-refractivity contribution in [3.8, 4) is 33.9 Å². The number of hydrogen-bond donors (Lipinski definition) is 2. The molecule has 2 aromatic carbocycles. The molecule has 196 valence electrons. The molecule has 2 N–H and O–H groups in total. The number of aliphatic hydroxyl groups excluding tert-OH is 1. The van der Waals surface area contributed by atoms with Crippen LogP contribution in [0.3, 0.4) is 0 Å². The monoisotopic (exact) mass is 526 g/mol. The van der Waals surface area contributed by atoms with Gasteiger partial charge in [-0.15, -0.1) is 0 Å². The molecule has 7 heteroatoms. The van der Waals surface area contributed by atoms with Crippen molar-refractivity contribution in [1.29, 1.82) is 0 Å². The van der Waals surface area contributed by atoms with Crippen LogP contribution in [0.2, 0.25) is 0 Å². The topological polar surface area (TPSA) is 105 Å². The number of aliphatic hydroxyl groups is 1. The lowest BCUT2D eigenvalue weighted by Gasteiger charge is -2.11. The Morgan fingerprint density at radius 1 is 0.650 bits per heavy atom. The van der Waals surface area contributed by atoms with Gasteiger partial charge in [-0.3, -0.25) is 19.6 Å². The number of aromatic nitrogens is 3. The van der Waals surface area contributed by atoms with Gasteiger partial charge in [0, 0.05) is 23.6 Å². The van der Waals surface area contributed by atoms with Crippen molar-refractivity contribution < 1.29 is 14.7 Å². The average Bonchev–Trinajstić information content (AvgIpc) is 2.98. The molecule has 3 aromatic heterocycles. The second-order valence-corrected chi connectivity index (χ2v) is 9.18. The summed E-state index contributed by atoms with van der Waals surface area (Å²) in [5.41, 5.74) is 6.74. The molecule has 0 bridgehead atoms. The molecule has 3 heterocycles. The third kappa shape index (κ3) is 5.84. The fourth-order valence-corrected chi connectivity index (χ4v) is 4.39. The number of allylic oxidation sites excluding steroid dienone is 2. The first kappa shape index (κ1) is 26.2. The highest BCUT2D eigenvalue weighted by atomic mass is 16.3. The van der Waals surface area contributed by atoms with Crippen molar-refractivity contribution >= 4 is 23.0 Å². The molecule has 0 radical (unpaired) electrons. The van der Waals surface area contributed by atoms with Gasteiger partial charge in [0.2, 0.25) is 0 Å². The maximum atomic E-state index is 12.9. The summed E-state index contributed by atoms with van der Waals surface area (Å²) in [6, 6.07) is 29.5. The number of ketones is 1. The van der Waals surface area contributed by atoms with Crippen LogP contribution >= 0.6 is 0 Å². The van der Waals surface area contributed by atoms with E-state index < -0.39 is 0 Å². The van der Waals surface area contributed by atoms with Crippen LogP contribution in [0.15, 0.2) is 115 Å². The van der Waals surface area contributed by atoms with Crippen LogP contribution in [0.1, 0.15) is 29.8 Å². The number of benzene rings is 2. The molecular weight excluding hydrogens is 500 g/mol. The van der Waals surface area contributed by atoms with E-state index in [0.717, 1.165) is 33.9 Å². The summed E-state index contributed by atoms with van der Waals surface area (Å²) in [6.45, 7) is 2.86. The SMILES string of the molecule is CC(=O)/C(=C(/C)O)c1ccc(C(=O)Nc2ccc(-c3cc(-c4ccccn4)nc(-c4ccccn4)c3)cc2)cc1. The first-order chi connectivity index (χ1) is 19.4. The van der Waals surface area contributed by atoms with Crippen LogP contribution in [0.4, 0.5) is 5.69 Å². The van der Waals surface area contributed by atoms with Crippen molar-refractivity contribution in [2.45, 2.75) is 13.8 Å². The van der Waals surface area contributed by atoms with Crippen molar-refractivity contribution in [3.05, 3.63) is 126 Å². The van der Waals surface area contributed by atoms with E-state index in [1.54, 1.807) is 36.7 Å². The molecule has 5 rings (SSSR count). The average molecular weight is 527 g/mol. The normalized spacial score (nSPS) is 11.4. The Morgan fingerprint density at radius 2 is 1.20 bits per heavy atom. The van der Waals surface area contributed by atoms with Gasteiger partial charge in [0.25, 0.3) is 5.91 Å². The van der Waals surface area contributed by atoms with Crippen LogP contribution in [-0.2, 0) is 4.79 Å². The lowest BCUT2D eigenvalue weighted by Crippen LogP contribution is -2.12. The number of pyridine rings is 3. The summed E-state index contributed by atoms with van der Waals surface area (Å²) in [4.78, 5) is 38.4. The zero-order valence-electron chi connectivity index (χ0n) is 22.0. The minimum atomic E-state index is -0.285. The Balaban J connectivity index is 1.39. The molecule has 0 saturated carbocycles. The summed E-state index contributed by atoms with van der Waals surface area (Å²) < 4.78 is 0. The first-order valence-corrected chi connectivity index (χ1v) is 12.7. The summed E-state index contributed by atoms with van der Waals surface area (Å²) in [5, 5.41) is 12.7. The Hall–Kier alpha value is -5.43. The molecule has 1 amide bonds. The van der Waals surface area contributed by atoms with E-state index in [2.05, 4.69) is 15.3 Å². The number of anilines is 1. The van der Waals surface area contributed by atoms with Crippen LogP contribution < -0.4 is 5.32 Å². The van der Waals surface area contributed by atoms with Gasteiger partial charge in [-0.1, -0.05) is 36.4 Å². The summed E-state index contributed by atoms with van der Waals surface area (Å²) in [5.74, 6) is -0.587. The van der Waals surface area contributed by atoms with Crippen LogP contribution in [0, 0.1) is 0 Å². The lowest BCUT2D eigenvalue weighted by molar-refractivity contribution is -0.111. The smallest absolute Gasteiger partial charge is 0.255 e. The maximum Gasteiger partial charge on any atom is 0.255 e. The third-order valence-corrected chi connectivity index (χ3v) is 6.31. The second kappa shape index (κ2) is 11.5. The predicted octanol–water partition coefficient (Wildman–Crippen LogP) is 7.00. The van der Waals surface area contributed by atoms with Gasteiger partial charge in [0.05, 0.1) is 28.3 Å². The number of carbonyl (C=O) groups excluding carboxylic acids is 2. The second-order valence-electron chi connectivity index (χ2n) is 9.18. The zero-order chi connectivity index (χ0) is 28.1. The quantitative estimate of drug-likeness (QED) is 0.175. The van der Waals surface area contributed by atoms with Crippen molar-refractivity contribution in [1.82, 2.24) is 15.0 Å². The highest BCUT2D eigenvalue weighted by Gasteiger charge is 2.14. The summed E-state index contributed by atoms with van der Waals surface area (Å²) in [6.07, 6.45) is 3.48. The van der Waals surface area contributed by atoms with Crippen LogP contribution in [-0.4, -0.2) is 31.7 Å². The molecule has 0 unspecified atom stereocenters. The molecule has 0 spiro atoms.